The third kappa shape index (κ3) is 4.56. The minimum absolute atomic E-state index is 0.274. The van der Waals surface area contributed by atoms with Crippen LogP contribution in [-0.2, 0) is 9.53 Å². The number of thiophene rings is 1. The van der Waals surface area contributed by atoms with Gasteiger partial charge in [-0.1, -0.05) is 11.6 Å². The van der Waals surface area contributed by atoms with Gasteiger partial charge in [-0.2, -0.15) is 0 Å². The van der Waals surface area contributed by atoms with E-state index in [0.717, 1.165) is 16.0 Å². The summed E-state index contributed by atoms with van der Waals surface area (Å²) in [7, 11) is 0. The van der Waals surface area contributed by atoms with Crippen LogP contribution in [0.25, 0.3) is 0 Å². The SMILES string of the molecule is CCOC(=O)c1c(NC(=O)[C@@H](C)Oc2ccc(Cl)c(C)c2)sc(C)c1C. The van der Waals surface area contributed by atoms with E-state index in [2.05, 4.69) is 5.32 Å². The fourth-order valence-corrected chi connectivity index (χ4v) is 3.49. The van der Waals surface area contributed by atoms with Crippen molar-refractivity contribution in [1.82, 2.24) is 0 Å². The molecule has 1 heterocycles. The maximum absolute atomic E-state index is 12.5. The van der Waals surface area contributed by atoms with Crippen LogP contribution in [0, 0.1) is 20.8 Å². The van der Waals surface area contributed by atoms with Crippen LogP contribution in [0.4, 0.5) is 5.00 Å². The number of carbonyl (C=O) groups excluding carboxylic acids is 2. The molecule has 5 nitrogen and oxygen atoms in total. The van der Waals surface area contributed by atoms with Gasteiger partial charge in [0.15, 0.2) is 6.10 Å². The molecule has 1 amide bonds. The first-order valence-corrected chi connectivity index (χ1v) is 9.44. The molecular formula is C19H22ClNO4S. The van der Waals surface area contributed by atoms with Crippen LogP contribution in [0.15, 0.2) is 18.2 Å². The van der Waals surface area contributed by atoms with Crippen molar-refractivity contribution in [3.8, 4) is 5.75 Å². The topological polar surface area (TPSA) is 64.6 Å². The summed E-state index contributed by atoms with van der Waals surface area (Å²) in [6, 6.07) is 5.21. The molecule has 1 aromatic carbocycles. The highest BCUT2D eigenvalue weighted by Gasteiger charge is 2.24. The number of amides is 1. The molecule has 1 N–H and O–H groups in total. The molecule has 0 radical (unpaired) electrons. The highest BCUT2D eigenvalue weighted by molar-refractivity contribution is 7.16. The quantitative estimate of drug-likeness (QED) is 0.706. The summed E-state index contributed by atoms with van der Waals surface area (Å²) < 4.78 is 10.8. The number of hydrogen-bond donors (Lipinski definition) is 1. The van der Waals surface area contributed by atoms with Crippen molar-refractivity contribution in [2.45, 2.75) is 40.7 Å². The lowest BCUT2D eigenvalue weighted by Gasteiger charge is -2.15. The van der Waals surface area contributed by atoms with Gasteiger partial charge >= 0.3 is 5.97 Å². The second kappa shape index (κ2) is 8.56. The molecule has 0 fully saturated rings. The number of ether oxygens (including phenoxy) is 2. The average molecular weight is 396 g/mol. The van der Waals surface area contributed by atoms with Crippen LogP contribution in [0.5, 0.6) is 5.75 Å². The molecule has 0 spiro atoms. The van der Waals surface area contributed by atoms with Crippen molar-refractivity contribution >= 4 is 39.8 Å². The van der Waals surface area contributed by atoms with Crippen molar-refractivity contribution in [3.63, 3.8) is 0 Å². The highest BCUT2D eigenvalue weighted by Crippen LogP contribution is 2.33. The lowest BCUT2D eigenvalue weighted by molar-refractivity contribution is -0.122. The maximum Gasteiger partial charge on any atom is 0.341 e. The molecule has 0 aliphatic carbocycles. The van der Waals surface area contributed by atoms with Gasteiger partial charge in [0.2, 0.25) is 0 Å². The van der Waals surface area contributed by atoms with Gasteiger partial charge in [0.25, 0.3) is 5.91 Å². The molecule has 0 bridgehead atoms. The largest absolute Gasteiger partial charge is 0.481 e. The van der Waals surface area contributed by atoms with Gasteiger partial charge in [-0.3, -0.25) is 4.79 Å². The summed E-state index contributed by atoms with van der Waals surface area (Å²) in [6.45, 7) is 9.27. The van der Waals surface area contributed by atoms with E-state index in [1.165, 1.54) is 11.3 Å². The minimum Gasteiger partial charge on any atom is -0.481 e. The van der Waals surface area contributed by atoms with Gasteiger partial charge in [0, 0.05) is 9.90 Å². The molecule has 7 heteroatoms. The number of nitrogens with one attached hydrogen (secondary N) is 1. The summed E-state index contributed by atoms with van der Waals surface area (Å²) in [5.41, 5.74) is 2.08. The first kappa shape index (κ1) is 20.3. The van der Waals surface area contributed by atoms with E-state index >= 15 is 0 Å². The summed E-state index contributed by atoms with van der Waals surface area (Å²) in [6.07, 6.45) is -0.742. The van der Waals surface area contributed by atoms with E-state index in [1.54, 1.807) is 32.0 Å². The smallest absolute Gasteiger partial charge is 0.341 e. The minimum atomic E-state index is -0.742. The van der Waals surface area contributed by atoms with Crippen molar-refractivity contribution in [2.24, 2.45) is 0 Å². The zero-order valence-corrected chi connectivity index (χ0v) is 17.0. The second-order valence-electron chi connectivity index (χ2n) is 5.87. The Morgan fingerprint density at radius 3 is 2.58 bits per heavy atom. The van der Waals surface area contributed by atoms with Crippen LogP contribution in [0.1, 0.15) is 40.2 Å². The Kier molecular flexibility index (Phi) is 6.67. The van der Waals surface area contributed by atoms with Gasteiger partial charge in [-0.25, -0.2) is 4.79 Å². The number of anilines is 1. The fourth-order valence-electron chi connectivity index (χ4n) is 2.33. The summed E-state index contributed by atoms with van der Waals surface area (Å²) >= 11 is 7.35. The lowest BCUT2D eigenvalue weighted by atomic mass is 10.1. The summed E-state index contributed by atoms with van der Waals surface area (Å²) in [5.74, 6) is -0.227. The Morgan fingerprint density at radius 2 is 1.96 bits per heavy atom. The zero-order valence-electron chi connectivity index (χ0n) is 15.4. The summed E-state index contributed by atoms with van der Waals surface area (Å²) in [4.78, 5) is 25.7. The number of aryl methyl sites for hydroxylation is 2. The molecule has 26 heavy (non-hydrogen) atoms. The standard InChI is InChI=1S/C19H22ClNO4S/c1-6-24-19(23)16-11(3)13(5)26-18(16)21-17(22)12(4)25-14-7-8-15(20)10(2)9-14/h7-9,12H,6H2,1-5H3,(H,21,22)/t12-/m1/s1. The predicted molar refractivity (Wildman–Crippen MR) is 105 cm³/mol. The van der Waals surface area contributed by atoms with Crippen molar-refractivity contribution in [2.75, 3.05) is 11.9 Å². The molecule has 2 rings (SSSR count). The van der Waals surface area contributed by atoms with E-state index in [0.29, 0.717) is 21.3 Å². The van der Waals surface area contributed by atoms with Gasteiger partial charge < -0.3 is 14.8 Å². The summed E-state index contributed by atoms with van der Waals surface area (Å²) in [5, 5.41) is 3.90. The van der Waals surface area contributed by atoms with Crippen LogP contribution < -0.4 is 10.1 Å². The third-order valence-electron chi connectivity index (χ3n) is 3.91. The molecule has 140 valence electrons. The van der Waals surface area contributed by atoms with Crippen molar-refractivity contribution in [3.05, 3.63) is 44.8 Å². The molecule has 1 atom stereocenters. The van der Waals surface area contributed by atoms with Gasteiger partial charge in [0.1, 0.15) is 10.8 Å². The van der Waals surface area contributed by atoms with E-state index < -0.39 is 12.1 Å². The molecule has 0 saturated carbocycles. The molecule has 0 aliphatic heterocycles. The molecule has 2 aromatic rings. The predicted octanol–water partition coefficient (Wildman–Crippen LogP) is 4.91. The number of benzene rings is 1. The fraction of sp³-hybridized carbons (Fsp3) is 0.368. The van der Waals surface area contributed by atoms with Gasteiger partial charge in [0.05, 0.1) is 12.2 Å². The van der Waals surface area contributed by atoms with Crippen molar-refractivity contribution in [1.29, 1.82) is 0 Å². The van der Waals surface area contributed by atoms with Gasteiger partial charge in [-0.15, -0.1) is 11.3 Å². The number of carbonyl (C=O) groups is 2. The third-order valence-corrected chi connectivity index (χ3v) is 5.46. The van der Waals surface area contributed by atoms with Crippen LogP contribution >= 0.6 is 22.9 Å². The van der Waals surface area contributed by atoms with E-state index in [1.807, 2.05) is 20.8 Å². The van der Waals surface area contributed by atoms with Gasteiger partial charge in [-0.05, 0) is 63.9 Å². The Bertz CT molecular complexity index is 831. The molecule has 0 aliphatic rings. The number of halogens is 1. The van der Waals surface area contributed by atoms with E-state index in [-0.39, 0.29) is 12.5 Å². The Balaban J connectivity index is 2.15. The number of hydrogen-bond acceptors (Lipinski definition) is 5. The number of rotatable bonds is 6. The highest BCUT2D eigenvalue weighted by atomic mass is 35.5. The normalized spacial score (nSPS) is 11.8. The Hall–Kier alpha value is -2.05. The van der Waals surface area contributed by atoms with Crippen LogP contribution in [0.2, 0.25) is 5.02 Å². The average Bonchev–Trinajstić information content (AvgIpc) is 2.85. The maximum atomic E-state index is 12.5. The Labute approximate surface area is 162 Å². The lowest BCUT2D eigenvalue weighted by Crippen LogP contribution is -2.30. The second-order valence-corrected chi connectivity index (χ2v) is 7.50. The van der Waals surface area contributed by atoms with Crippen LogP contribution in [0.3, 0.4) is 0 Å². The first-order chi connectivity index (χ1) is 12.2. The van der Waals surface area contributed by atoms with E-state index in [4.69, 9.17) is 21.1 Å². The van der Waals surface area contributed by atoms with Crippen LogP contribution in [-0.4, -0.2) is 24.6 Å². The van der Waals surface area contributed by atoms with E-state index in [9.17, 15) is 9.59 Å². The Morgan fingerprint density at radius 1 is 1.27 bits per heavy atom. The molecule has 1 aromatic heterocycles. The monoisotopic (exact) mass is 395 g/mol. The molecule has 0 saturated heterocycles. The molecular weight excluding hydrogens is 374 g/mol. The van der Waals surface area contributed by atoms with Crippen molar-refractivity contribution < 1.29 is 19.1 Å². The zero-order chi connectivity index (χ0) is 19.4. The molecule has 0 unspecified atom stereocenters. The first-order valence-electron chi connectivity index (χ1n) is 8.25. The number of esters is 1.